The second-order valence-electron chi connectivity index (χ2n) is 18.4. The van der Waals surface area contributed by atoms with Gasteiger partial charge < -0.3 is 25.5 Å². The van der Waals surface area contributed by atoms with E-state index < -0.39 is 35.0 Å². The molecule has 9 heteroatoms. The molecule has 2 amide bonds. The highest BCUT2D eigenvalue weighted by Crippen LogP contribution is 2.77. The van der Waals surface area contributed by atoms with Gasteiger partial charge >= 0.3 is 5.97 Å². The Morgan fingerprint density at radius 3 is 2.33 bits per heavy atom. The number of carboxylic acids is 1. The van der Waals surface area contributed by atoms with Crippen molar-refractivity contribution in [3.63, 3.8) is 0 Å². The van der Waals surface area contributed by atoms with Crippen molar-refractivity contribution in [2.45, 2.75) is 136 Å². The Morgan fingerprint density at radius 2 is 1.67 bits per heavy atom. The first-order valence-electron chi connectivity index (χ1n) is 19.3. The fraction of sp³-hybridized carbons (Fsp3) is 0.875. The number of hydrogen-bond donors (Lipinski definition) is 4. The first-order valence-corrected chi connectivity index (χ1v) is 20.7. The van der Waals surface area contributed by atoms with Crippen LogP contribution >= 0.6 is 11.8 Å². The Bertz CT molecular complexity index is 1340. The number of allylic oxidation sites excluding steroid dienone is 1. The summed E-state index contributed by atoms with van der Waals surface area (Å²) < 4.78 is 0. The van der Waals surface area contributed by atoms with Crippen molar-refractivity contribution in [1.82, 2.24) is 10.2 Å². The summed E-state index contributed by atoms with van der Waals surface area (Å²) in [5.41, 5.74) is 0.322. The third-order valence-electron chi connectivity index (χ3n) is 16.7. The Morgan fingerprint density at radius 1 is 0.939 bits per heavy atom. The van der Waals surface area contributed by atoms with Gasteiger partial charge in [-0.2, -0.15) is 11.8 Å². The number of thioether (sulfide) groups is 1. The number of nitrogens with zero attached hydrogens (tertiary/aromatic N) is 1. The molecule has 13 atom stereocenters. The second kappa shape index (κ2) is 13.1. The third-order valence-corrected chi connectivity index (χ3v) is 17.3. The molecule has 5 aliphatic carbocycles. The van der Waals surface area contributed by atoms with Crippen molar-refractivity contribution >= 4 is 29.5 Å². The molecule has 0 bridgehead atoms. The number of carbonyl (C=O) groups is 3. The number of aliphatic hydroxyl groups is 2. The number of amides is 2. The van der Waals surface area contributed by atoms with Crippen molar-refractivity contribution in [3.8, 4) is 0 Å². The summed E-state index contributed by atoms with van der Waals surface area (Å²) in [6.07, 6.45) is 12.7. The van der Waals surface area contributed by atoms with E-state index in [9.17, 15) is 24.9 Å². The van der Waals surface area contributed by atoms with Crippen LogP contribution in [-0.2, 0) is 14.4 Å². The average Bonchev–Trinajstić information content (AvgIpc) is 3.71. The van der Waals surface area contributed by atoms with Gasteiger partial charge in [0.05, 0.1) is 18.1 Å². The zero-order valence-corrected chi connectivity index (χ0v) is 31.9. The van der Waals surface area contributed by atoms with Gasteiger partial charge in [0.2, 0.25) is 11.8 Å². The van der Waals surface area contributed by atoms with E-state index in [1.165, 1.54) is 5.57 Å². The number of fused-ring (bicyclic) bond motifs is 7. The minimum atomic E-state index is -1.03. The van der Waals surface area contributed by atoms with Gasteiger partial charge in [-0.1, -0.05) is 39.8 Å². The normalized spacial score (nSPS) is 46.5. The van der Waals surface area contributed by atoms with Crippen LogP contribution in [0.25, 0.3) is 0 Å². The average molecular weight is 701 g/mol. The van der Waals surface area contributed by atoms with E-state index in [0.717, 1.165) is 70.6 Å². The van der Waals surface area contributed by atoms with Crippen LogP contribution in [0.3, 0.4) is 0 Å². The van der Waals surface area contributed by atoms with Gasteiger partial charge in [0, 0.05) is 12.0 Å². The molecule has 5 saturated carbocycles. The van der Waals surface area contributed by atoms with Gasteiger partial charge in [-0.3, -0.25) is 9.59 Å². The first-order chi connectivity index (χ1) is 23.1. The molecule has 8 nitrogen and oxygen atoms in total. The van der Waals surface area contributed by atoms with E-state index in [4.69, 9.17) is 0 Å². The van der Waals surface area contributed by atoms with Crippen LogP contribution in [0.15, 0.2) is 12.2 Å². The summed E-state index contributed by atoms with van der Waals surface area (Å²) in [6.45, 7) is 16.9. The van der Waals surface area contributed by atoms with Crippen LogP contribution in [-0.4, -0.2) is 81.4 Å². The van der Waals surface area contributed by atoms with E-state index in [0.29, 0.717) is 37.0 Å². The standard InChI is InChI=1S/C40H64N2O6S/c1-24(2)25-12-18-40(35(48)42-21-8-9-28(42)33(45)41-27(34(46)47)15-22-49-7)20-19-38(5)26(32(25)40)10-11-30-36(3)16-14-31(44)37(4,23-43)29(36)13-17-39(30,38)6/h25-32,43-44H,1,8-23H2,2-7H3,(H,41,45)(H,46,47)/t25-,26+,27-,28-,29+,30+,31-,32+,36-,37-,38+,39+,40-/m0/s1. The van der Waals surface area contributed by atoms with Crippen molar-refractivity contribution < 1.29 is 29.7 Å². The number of carboxylic acid groups (broad SMARTS) is 1. The molecule has 0 aromatic heterocycles. The second-order valence-corrected chi connectivity index (χ2v) is 19.4. The van der Waals surface area contributed by atoms with E-state index >= 15 is 4.79 Å². The van der Waals surface area contributed by atoms with E-state index in [1.807, 2.05) is 11.2 Å². The maximum atomic E-state index is 15.1. The van der Waals surface area contributed by atoms with E-state index in [2.05, 4.69) is 46.5 Å². The van der Waals surface area contributed by atoms with Gasteiger partial charge in [-0.25, -0.2) is 4.79 Å². The van der Waals surface area contributed by atoms with Gasteiger partial charge in [-0.05, 0) is 148 Å². The minimum absolute atomic E-state index is 0.0229. The highest BCUT2D eigenvalue weighted by molar-refractivity contribution is 7.98. The molecule has 0 unspecified atom stereocenters. The highest BCUT2D eigenvalue weighted by Gasteiger charge is 2.72. The van der Waals surface area contributed by atoms with Crippen molar-refractivity contribution in [2.24, 2.45) is 56.7 Å². The van der Waals surface area contributed by atoms with Crippen molar-refractivity contribution in [1.29, 1.82) is 0 Å². The van der Waals surface area contributed by atoms with Crippen LogP contribution in [0.4, 0.5) is 0 Å². The summed E-state index contributed by atoms with van der Waals surface area (Å²) in [5, 5.41) is 34.4. The first kappa shape index (κ1) is 37.2. The summed E-state index contributed by atoms with van der Waals surface area (Å²) in [7, 11) is 0. The molecule has 0 aromatic carbocycles. The predicted octanol–water partition coefficient (Wildman–Crippen LogP) is 6.29. The molecule has 49 heavy (non-hydrogen) atoms. The van der Waals surface area contributed by atoms with E-state index in [1.54, 1.807) is 11.8 Å². The van der Waals surface area contributed by atoms with Crippen LogP contribution in [0.2, 0.25) is 0 Å². The fourth-order valence-electron chi connectivity index (χ4n) is 13.9. The SMILES string of the molecule is C=C(C)[C@@H]1CC[C@]2(C(=O)N3CCC[C@H]3C(=O)N[C@@H](CCSC)C(=O)O)CC[C@]3(C)[C@H](CC[C@@H]4[C@@]5(C)CC[C@H](O)[C@@](C)(CO)[C@@H]5CC[C@]43C)[C@@H]12. The number of rotatable bonds is 9. The smallest absolute Gasteiger partial charge is 0.326 e. The Kier molecular flexibility index (Phi) is 9.96. The minimum Gasteiger partial charge on any atom is -0.480 e. The van der Waals surface area contributed by atoms with Gasteiger partial charge in [0.15, 0.2) is 0 Å². The van der Waals surface area contributed by atoms with Gasteiger partial charge in [-0.15, -0.1) is 0 Å². The molecule has 0 spiro atoms. The summed E-state index contributed by atoms with van der Waals surface area (Å²) in [4.78, 5) is 42.6. The maximum Gasteiger partial charge on any atom is 0.326 e. The fourth-order valence-corrected chi connectivity index (χ4v) is 14.3. The summed E-state index contributed by atoms with van der Waals surface area (Å²) in [5.74, 6) is 0.992. The molecule has 276 valence electrons. The lowest BCUT2D eigenvalue weighted by Gasteiger charge is -2.73. The number of aliphatic hydroxyl groups excluding tert-OH is 2. The maximum absolute atomic E-state index is 15.1. The monoisotopic (exact) mass is 700 g/mol. The molecule has 1 saturated heterocycles. The Labute approximate surface area is 299 Å². The van der Waals surface area contributed by atoms with Crippen molar-refractivity contribution in [3.05, 3.63) is 12.2 Å². The molecule has 1 heterocycles. The van der Waals surface area contributed by atoms with Gasteiger partial charge in [0.1, 0.15) is 12.1 Å². The zero-order valence-electron chi connectivity index (χ0n) is 31.1. The van der Waals surface area contributed by atoms with Crippen molar-refractivity contribution in [2.75, 3.05) is 25.2 Å². The molecular formula is C40H64N2O6S. The lowest BCUT2D eigenvalue weighted by atomic mass is 9.32. The molecule has 4 N–H and O–H groups in total. The molecule has 6 aliphatic rings. The molecule has 6 fully saturated rings. The number of likely N-dealkylation sites (tertiary alicyclic amines) is 1. The van der Waals surface area contributed by atoms with Crippen LogP contribution < -0.4 is 5.32 Å². The topological polar surface area (TPSA) is 127 Å². The lowest BCUT2D eigenvalue weighted by molar-refractivity contribution is -0.253. The summed E-state index contributed by atoms with van der Waals surface area (Å²) in [6, 6.07) is -1.57. The number of nitrogens with one attached hydrogen (secondary N) is 1. The number of aliphatic carboxylic acids is 1. The number of carbonyl (C=O) groups excluding carboxylic acids is 2. The number of hydrogen-bond acceptors (Lipinski definition) is 6. The Balaban J connectivity index is 1.31. The van der Waals surface area contributed by atoms with Crippen LogP contribution in [0.5, 0.6) is 0 Å². The molecule has 0 radical (unpaired) electrons. The molecule has 6 rings (SSSR count). The van der Waals surface area contributed by atoms with Crippen LogP contribution in [0.1, 0.15) is 118 Å². The molecule has 0 aromatic rings. The molecule has 1 aliphatic heterocycles. The highest BCUT2D eigenvalue weighted by atomic mass is 32.2. The zero-order chi connectivity index (χ0) is 35.7. The Hall–Kier alpha value is -1.58. The third kappa shape index (κ3) is 5.38. The van der Waals surface area contributed by atoms with E-state index in [-0.39, 0.29) is 52.4 Å². The quantitative estimate of drug-likeness (QED) is 0.208. The summed E-state index contributed by atoms with van der Waals surface area (Å²) >= 11 is 1.56. The largest absolute Gasteiger partial charge is 0.480 e. The molecular weight excluding hydrogens is 637 g/mol. The van der Waals surface area contributed by atoms with Crippen LogP contribution in [0, 0.1) is 56.7 Å². The van der Waals surface area contributed by atoms with Gasteiger partial charge in [0.25, 0.3) is 0 Å². The lowest BCUT2D eigenvalue weighted by Crippen LogP contribution is -2.68. The predicted molar refractivity (Wildman–Crippen MR) is 194 cm³/mol.